The highest BCUT2D eigenvalue weighted by Gasteiger charge is 2.17. The number of hydrogen-bond donors (Lipinski definition) is 1. The zero-order valence-electron chi connectivity index (χ0n) is 14.6. The summed E-state index contributed by atoms with van der Waals surface area (Å²) >= 11 is 1.68. The molecule has 0 saturated heterocycles. The number of thiophene rings is 1. The van der Waals surface area contributed by atoms with E-state index in [2.05, 4.69) is 16.5 Å². The van der Waals surface area contributed by atoms with Crippen LogP contribution in [0.25, 0.3) is 5.69 Å². The Morgan fingerprint density at radius 1 is 1.19 bits per heavy atom. The predicted octanol–water partition coefficient (Wildman–Crippen LogP) is 3.54. The Hall–Kier alpha value is -2.80. The van der Waals surface area contributed by atoms with Crippen molar-refractivity contribution in [3.05, 3.63) is 79.6 Å². The molecule has 2 heterocycles. The van der Waals surface area contributed by atoms with E-state index < -0.39 is 11.4 Å². The van der Waals surface area contributed by atoms with E-state index in [9.17, 15) is 14.0 Å². The number of nitrogens with one attached hydrogen (secondary N) is 1. The minimum Gasteiger partial charge on any atom is -0.344 e. The fourth-order valence-corrected chi connectivity index (χ4v) is 3.75. The van der Waals surface area contributed by atoms with E-state index in [0.717, 1.165) is 15.1 Å². The SMILES string of the molecule is Cc1cc(C(C)NC(=O)c2ccc(=O)n(-c3ccc(F)cc3)n2)c(C)s1. The number of amides is 1. The lowest BCUT2D eigenvalue weighted by Crippen LogP contribution is -2.30. The van der Waals surface area contributed by atoms with E-state index >= 15 is 0 Å². The predicted molar refractivity (Wildman–Crippen MR) is 99.5 cm³/mol. The van der Waals surface area contributed by atoms with E-state index in [0.29, 0.717) is 5.69 Å². The van der Waals surface area contributed by atoms with E-state index in [-0.39, 0.29) is 17.6 Å². The van der Waals surface area contributed by atoms with Crippen LogP contribution >= 0.6 is 11.3 Å². The summed E-state index contributed by atoms with van der Waals surface area (Å²) in [5, 5.41) is 7.02. The molecule has 5 nitrogen and oxygen atoms in total. The first-order chi connectivity index (χ1) is 12.3. The Morgan fingerprint density at radius 3 is 2.50 bits per heavy atom. The number of aromatic nitrogens is 2. The number of rotatable bonds is 4. The van der Waals surface area contributed by atoms with Gasteiger partial charge in [0.2, 0.25) is 0 Å². The van der Waals surface area contributed by atoms with Gasteiger partial charge in [0.1, 0.15) is 11.5 Å². The quantitative estimate of drug-likeness (QED) is 0.763. The Bertz CT molecular complexity index is 1010. The molecule has 1 atom stereocenters. The molecule has 134 valence electrons. The van der Waals surface area contributed by atoms with Gasteiger partial charge in [-0.1, -0.05) is 0 Å². The molecule has 2 aromatic heterocycles. The number of halogens is 1. The molecule has 3 rings (SSSR count). The van der Waals surface area contributed by atoms with Crippen LogP contribution in [-0.4, -0.2) is 15.7 Å². The molecule has 7 heteroatoms. The topological polar surface area (TPSA) is 64.0 Å². The average Bonchev–Trinajstić information content (AvgIpc) is 2.94. The van der Waals surface area contributed by atoms with Crippen molar-refractivity contribution in [2.75, 3.05) is 0 Å². The number of hydrogen-bond acceptors (Lipinski definition) is 4. The summed E-state index contributed by atoms with van der Waals surface area (Å²) in [5.74, 6) is -0.789. The first kappa shape index (κ1) is 18.0. The first-order valence-corrected chi connectivity index (χ1v) is 8.91. The monoisotopic (exact) mass is 371 g/mol. The summed E-state index contributed by atoms with van der Waals surface area (Å²) in [4.78, 5) is 26.9. The fraction of sp³-hybridized carbons (Fsp3) is 0.211. The molecule has 3 aromatic rings. The van der Waals surface area contributed by atoms with E-state index in [1.165, 1.54) is 41.3 Å². The summed E-state index contributed by atoms with van der Waals surface area (Å²) in [6.07, 6.45) is 0. The van der Waals surface area contributed by atoms with Crippen molar-refractivity contribution >= 4 is 17.2 Å². The van der Waals surface area contributed by atoms with Gasteiger partial charge in [-0.25, -0.2) is 4.39 Å². The Kier molecular flexibility index (Phi) is 4.99. The molecule has 0 radical (unpaired) electrons. The molecule has 26 heavy (non-hydrogen) atoms. The number of carbonyl (C=O) groups excluding carboxylic acids is 1. The number of nitrogens with zero attached hydrogens (tertiary/aromatic N) is 2. The van der Waals surface area contributed by atoms with Gasteiger partial charge in [0.15, 0.2) is 0 Å². The molecule has 0 saturated carbocycles. The van der Waals surface area contributed by atoms with Crippen molar-refractivity contribution < 1.29 is 9.18 Å². The molecule has 0 bridgehead atoms. The van der Waals surface area contributed by atoms with Gasteiger partial charge in [0.05, 0.1) is 11.7 Å². The molecule has 1 aromatic carbocycles. The van der Waals surface area contributed by atoms with Crippen molar-refractivity contribution in [1.82, 2.24) is 15.1 Å². The largest absolute Gasteiger partial charge is 0.344 e. The number of benzene rings is 1. The van der Waals surface area contributed by atoms with Crippen LogP contribution in [0.15, 0.2) is 47.3 Å². The average molecular weight is 371 g/mol. The van der Waals surface area contributed by atoms with Gasteiger partial charge >= 0.3 is 0 Å². The maximum atomic E-state index is 13.1. The standard InChI is InChI=1S/C19H18FN3O2S/c1-11-10-16(13(3)26-11)12(2)21-19(25)17-8-9-18(24)23(22-17)15-6-4-14(20)5-7-15/h4-10,12H,1-3H3,(H,21,25). The molecular formula is C19H18FN3O2S. The Labute approximate surface area is 154 Å². The lowest BCUT2D eigenvalue weighted by molar-refractivity contribution is 0.0933. The van der Waals surface area contributed by atoms with Crippen LogP contribution in [-0.2, 0) is 0 Å². The number of carbonyl (C=O) groups is 1. The van der Waals surface area contributed by atoms with Gasteiger partial charge in [-0.3, -0.25) is 9.59 Å². The van der Waals surface area contributed by atoms with Crippen LogP contribution in [0.4, 0.5) is 4.39 Å². The molecule has 1 N–H and O–H groups in total. The van der Waals surface area contributed by atoms with E-state index in [1.807, 2.05) is 20.8 Å². The summed E-state index contributed by atoms with van der Waals surface area (Å²) in [6, 6.07) is 9.88. The van der Waals surface area contributed by atoms with Crippen LogP contribution in [0.2, 0.25) is 0 Å². The lowest BCUT2D eigenvalue weighted by Gasteiger charge is -2.14. The van der Waals surface area contributed by atoms with Gasteiger partial charge in [0.25, 0.3) is 11.5 Å². The molecule has 0 aliphatic carbocycles. The third-order valence-corrected chi connectivity index (χ3v) is 4.98. The van der Waals surface area contributed by atoms with Crippen molar-refractivity contribution in [3.8, 4) is 5.69 Å². The highest BCUT2D eigenvalue weighted by Crippen LogP contribution is 2.26. The molecule has 0 aliphatic heterocycles. The first-order valence-electron chi connectivity index (χ1n) is 8.09. The second-order valence-corrected chi connectivity index (χ2v) is 7.47. The summed E-state index contributed by atoms with van der Waals surface area (Å²) in [7, 11) is 0. The van der Waals surface area contributed by atoms with Crippen molar-refractivity contribution in [1.29, 1.82) is 0 Å². The zero-order valence-corrected chi connectivity index (χ0v) is 15.4. The van der Waals surface area contributed by atoms with Crippen LogP contribution in [0.3, 0.4) is 0 Å². The van der Waals surface area contributed by atoms with Crippen molar-refractivity contribution in [2.45, 2.75) is 26.8 Å². The number of aryl methyl sites for hydroxylation is 2. The third-order valence-electron chi connectivity index (χ3n) is 4.00. The van der Waals surface area contributed by atoms with Gasteiger partial charge in [-0.15, -0.1) is 11.3 Å². The van der Waals surface area contributed by atoms with Crippen molar-refractivity contribution in [3.63, 3.8) is 0 Å². The highest BCUT2D eigenvalue weighted by atomic mass is 32.1. The van der Waals surface area contributed by atoms with Crippen LogP contribution in [0.5, 0.6) is 0 Å². The molecule has 1 unspecified atom stereocenters. The minimum atomic E-state index is -0.411. The third kappa shape index (κ3) is 3.72. The second-order valence-electron chi connectivity index (χ2n) is 6.01. The molecule has 0 spiro atoms. The maximum absolute atomic E-state index is 13.1. The van der Waals surface area contributed by atoms with E-state index in [1.54, 1.807) is 11.3 Å². The minimum absolute atomic E-state index is 0.116. The second kappa shape index (κ2) is 7.21. The smallest absolute Gasteiger partial charge is 0.272 e. The normalized spacial score (nSPS) is 12.0. The molecular weight excluding hydrogens is 353 g/mol. The fourth-order valence-electron chi connectivity index (χ4n) is 2.73. The summed E-state index contributed by atoms with van der Waals surface area (Å²) in [5.41, 5.74) is 1.17. The Balaban J connectivity index is 1.86. The van der Waals surface area contributed by atoms with Crippen LogP contribution < -0.4 is 10.9 Å². The summed E-state index contributed by atoms with van der Waals surface area (Å²) in [6.45, 7) is 5.95. The Morgan fingerprint density at radius 2 is 1.88 bits per heavy atom. The molecule has 0 fully saturated rings. The van der Waals surface area contributed by atoms with Gasteiger partial charge in [-0.05, 0) is 62.7 Å². The molecule has 0 aliphatic rings. The van der Waals surface area contributed by atoms with E-state index in [4.69, 9.17) is 0 Å². The highest BCUT2D eigenvalue weighted by molar-refractivity contribution is 7.12. The van der Waals surface area contributed by atoms with Crippen LogP contribution in [0, 0.1) is 19.7 Å². The van der Waals surface area contributed by atoms with Crippen molar-refractivity contribution in [2.24, 2.45) is 0 Å². The van der Waals surface area contributed by atoms with Gasteiger partial charge in [0, 0.05) is 15.8 Å². The summed E-state index contributed by atoms with van der Waals surface area (Å²) < 4.78 is 14.2. The molecule has 1 amide bonds. The van der Waals surface area contributed by atoms with Crippen LogP contribution in [0.1, 0.15) is 38.8 Å². The lowest BCUT2D eigenvalue weighted by atomic mass is 10.1. The van der Waals surface area contributed by atoms with Gasteiger partial charge < -0.3 is 5.32 Å². The maximum Gasteiger partial charge on any atom is 0.272 e. The zero-order chi connectivity index (χ0) is 18.8. The van der Waals surface area contributed by atoms with Gasteiger partial charge in [-0.2, -0.15) is 9.78 Å².